The summed E-state index contributed by atoms with van der Waals surface area (Å²) in [6.45, 7) is 4.73. The lowest BCUT2D eigenvalue weighted by Gasteiger charge is -2.14. The van der Waals surface area contributed by atoms with E-state index in [9.17, 15) is 0 Å². The zero-order valence-electron chi connectivity index (χ0n) is 14.5. The Hall–Kier alpha value is -2.53. The first-order valence-electron chi connectivity index (χ1n) is 8.00. The Morgan fingerprint density at radius 3 is 2.62 bits per heavy atom. The molecule has 2 heterocycles. The van der Waals surface area contributed by atoms with Crippen LogP contribution in [0, 0.1) is 6.92 Å². The van der Waals surface area contributed by atoms with Crippen LogP contribution in [0.4, 0.5) is 0 Å². The molecule has 126 valence electrons. The summed E-state index contributed by atoms with van der Waals surface area (Å²) in [7, 11) is 3.32. The van der Waals surface area contributed by atoms with Gasteiger partial charge in [-0.3, -0.25) is 0 Å². The number of nitrogens with two attached hydrogens (primary N) is 1. The quantitative estimate of drug-likeness (QED) is 0.781. The number of benzene rings is 1. The predicted octanol–water partition coefficient (Wildman–Crippen LogP) is 3.39. The summed E-state index contributed by atoms with van der Waals surface area (Å²) in [5.74, 6) is 1.69. The summed E-state index contributed by atoms with van der Waals surface area (Å²) in [6, 6.07) is 9.83. The van der Waals surface area contributed by atoms with Crippen LogP contribution in [0.15, 0.2) is 36.5 Å². The van der Waals surface area contributed by atoms with E-state index in [-0.39, 0.29) is 5.92 Å². The molecule has 5 heteroatoms. The highest BCUT2D eigenvalue weighted by molar-refractivity contribution is 5.74. The van der Waals surface area contributed by atoms with Gasteiger partial charge in [-0.25, -0.2) is 4.98 Å². The Morgan fingerprint density at radius 2 is 1.96 bits per heavy atom. The van der Waals surface area contributed by atoms with Crippen molar-refractivity contribution in [3.05, 3.63) is 47.8 Å². The van der Waals surface area contributed by atoms with Crippen molar-refractivity contribution < 1.29 is 9.47 Å². The van der Waals surface area contributed by atoms with Gasteiger partial charge in [0.25, 0.3) is 0 Å². The zero-order chi connectivity index (χ0) is 17.3. The van der Waals surface area contributed by atoms with Crippen LogP contribution in [0.25, 0.3) is 16.9 Å². The second-order valence-electron chi connectivity index (χ2n) is 5.98. The summed E-state index contributed by atoms with van der Waals surface area (Å²) in [6.07, 6.45) is 2.10. The molecule has 1 atom stereocenters. The van der Waals surface area contributed by atoms with Crippen molar-refractivity contribution in [1.29, 1.82) is 0 Å². The largest absolute Gasteiger partial charge is 0.497 e. The molecule has 2 N–H and O–H groups in total. The molecular weight excluding hydrogens is 302 g/mol. The van der Waals surface area contributed by atoms with E-state index >= 15 is 0 Å². The molecule has 0 radical (unpaired) electrons. The minimum Gasteiger partial charge on any atom is -0.497 e. The van der Waals surface area contributed by atoms with Gasteiger partial charge in [0.15, 0.2) is 0 Å². The van der Waals surface area contributed by atoms with Crippen LogP contribution in [0.2, 0.25) is 0 Å². The molecular formula is C19H23N3O2. The highest BCUT2D eigenvalue weighted by Gasteiger charge is 2.21. The topological polar surface area (TPSA) is 61.8 Å². The molecule has 5 nitrogen and oxygen atoms in total. The number of rotatable bonds is 5. The molecule has 0 fully saturated rings. The van der Waals surface area contributed by atoms with Gasteiger partial charge >= 0.3 is 0 Å². The van der Waals surface area contributed by atoms with Crippen LogP contribution in [-0.2, 0) is 0 Å². The van der Waals surface area contributed by atoms with Crippen molar-refractivity contribution in [3.63, 3.8) is 0 Å². The number of aromatic nitrogens is 2. The molecule has 0 aliphatic heterocycles. The number of fused-ring (bicyclic) bond motifs is 1. The van der Waals surface area contributed by atoms with Crippen LogP contribution < -0.4 is 15.2 Å². The second kappa shape index (κ2) is 6.53. The van der Waals surface area contributed by atoms with Gasteiger partial charge < -0.3 is 19.6 Å². The van der Waals surface area contributed by atoms with Crippen molar-refractivity contribution in [2.75, 3.05) is 20.8 Å². The minimum atomic E-state index is 0.160. The van der Waals surface area contributed by atoms with Crippen LogP contribution >= 0.6 is 0 Å². The summed E-state index contributed by atoms with van der Waals surface area (Å²) in [4.78, 5) is 4.85. The van der Waals surface area contributed by atoms with E-state index in [1.807, 2.05) is 24.3 Å². The number of methoxy groups -OCH3 is 2. The smallest absolute Gasteiger partial charge is 0.137 e. The molecule has 1 unspecified atom stereocenters. The number of ether oxygens (including phenoxy) is 2. The average Bonchev–Trinajstić information content (AvgIpc) is 2.98. The van der Waals surface area contributed by atoms with E-state index in [2.05, 4.69) is 30.5 Å². The predicted molar refractivity (Wildman–Crippen MR) is 95.9 cm³/mol. The van der Waals surface area contributed by atoms with Gasteiger partial charge in [-0.2, -0.15) is 0 Å². The highest BCUT2D eigenvalue weighted by Crippen LogP contribution is 2.37. The standard InChI is InChI=1S/C19H23N3O2/c1-12-5-8-17-21-18(19(13(2)10-20)22(17)11-12)15-9-14(23-3)6-7-16(15)24-4/h5-9,11,13H,10,20H2,1-4H3. The van der Waals surface area contributed by atoms with Crippen molar-refractivity contribution in [1.82, 2.24) is 9.38 Å². The van der Waals surface area contributed by atoms with Crippen molar-refractivity contribution >= 4 is 5.65 Å². The summed E-state index contributed by atoms with van der Waals surface area (Å²) in [5.41, 5.74) is 10.9. The van der Waals surface area contributed by atoms with Gasteiger partial charge in [0, 0.05) is 24.2 Å². The first kappa shape index (κ1) is 16.3. The number of aryl methyl sites for hydroxylation is 1. The molecule has 3 aromatic rings. The molecule has 24 heavy (non-hydrogen) atoms. The van der Waals surface area contributed by atoms with Gasteiger partial charge in [-0.05, 0) is 36.8 Å². The van der Waals surface area contributed by atoms with E-state index < -0.39 is 0 Å². The molecule has 0 spiro atoms. The van der Waals surface area contributed by atoms with Crippen LogP contribution in [0.3, 0.4) is 0 Å². The monoisotopic (exact) mass is 325 g/mol. The maximum atomic E-state index is 5.97. The lowest BCUT2D eigenvalue weighted by atomic mass is 10.0. The molecule has 0 saturated carbocycles. The van der Waals surface area contributed by atoms with Gasteiger partial charge in [-0.15, -0.1) is 0 Å². The molecule has 1 aromatic carbocycles. The summed E-state index contributed by atoms with van der Waals surface area (Å²) < 4.78 is 13.1. The third kappa shape index (κ3) is 2.71. The van der Waals surface area contributed by atoms with Crippen molar-refractivity contribution in [2.45, 2.75) is 19.8 Å². The summed E-state index contributed by atoms with van der Waals surface area (Å²) >= 11 is 0. The van der Waals surface area contributed by atoms with E-state index in [0.29, 0.717) is 6.54 Å². The van der Waals surface area contributed by atoms with Gasteiger partial charge in [0.2, 0.25) is 0 Å². The first-order valence-corrected chi connectivity index (χ1v) is 8.00. The molecule has 0 amide bonds. The number of nitrogens with zero attached hydrogens (tertiary/aromatic N) is 2. The van der Waals surface area contributed by atoms with Crippen LogP contribution in [0.1, 0.15) is 24.1 Å². The molecule has 0 aliphatic rings. The molecule has 0 aliphatic carbocycles. The maximum absolute atomic E-state index is 5.97. The van der Waals surface area contributed by atoms with Crippen molar-refractivity contribution in [2.24, 2.45) is 5.73 Å². The summed E-state index contributed by atoms with van der Waals surface area (Å²) in [5, 5.41) is 0. The Balaban J connectivity index is 2.33. The van der Waals surface area contributed by atoms with Crippen LogP contribution in [-0.4, -0.2) is 30.1 Å². The fraction of sp³-hybridized carbons (Fsp3) is 0.316. The Morgan fingerprint density at radius 1 is 1.17 bits per heavy atom. The fourth-order valence-corrected chi connectivity index (χ4v) is 2.95. The Kier molecular flexibility index (Phi) is 4.44. The molecule has 3 rings (SSSR count). The normalized spacial score (nSPS) is 12.4. The average molecular weight is 325 g/mol. The van der Waals surface area contributed by atoms with E-state index in [1.165, 1.54) is 5.56 Å². The van der Waals surface area contributed by atoms with Crippen molar-refractivity contribution in [3.8, 4) is 22.8 Å². The first-order chi connectivity index (χ1) is 11.6. The number of imidazole rings is 1. The maximum Gasteiger partial charge on any atom is 0.137 e. The zero-order valence-corrected chi connectivity index (χ0v) is 14.5. The van der Waals surface area contributed by atoms with Crippen LogP contribution in [0.5, 0.6) is 11.5 Å². The number of pyridine rings is 1. The number of hydrogen-bond acceptors (Lipinski definition) is 4. The Bertz CT molecular complexity index is 870. The third-order valence-corrected chi connectivity index (χ3v) is 4.29. The lowest BCUT2D eigenvalue weighted by Crippen LogP contribution is -2.12. The lowest BCUT2D eigenvalue weighted by molar-refractivity contribution is 0.404. The fourth-order valence-electron chi connectivity index (χ4n) is 2.95. The van der Waals surface area contributed by atoms with Gasteiger partial charge in [0.1, 0.15) is 17.1 Å². The SMILES string of the molecule is COc1ccc(OC)c(-c2nc3ccc(C)cn3c2C(C)CN)c1. The van der Waals surface area contributed by atoms with Gasteiger partial charge in [-0.1, -0.05) is 13.0 Å². The van der Waals surface area contributed by atoms with Gasteiger partial charge in [0.05, 0.1) is 25.6 Å². The Labute approximate surface area is 142 Å². The molecule has 0 bridgehead atoms. The van der Waals surface area contributed by atoms with E-state index in [1.54, 1.807) is 14.2 Å². The minimum absolute atomic E-state index is 0.160. The second-order valence-corrected chi connectivity index (χ2v) is 5.98. The third-order valence-electron chi connectivity index (χ3n) is 4.29. The van der Waals surface area contributed by atoms with E-state index in [4.69, 9.17) is 20.2 Å². The highest BCUT2D eigenvalue weighted by atomic mass is 16.5. The number of hydrogen-bond donors (Lipinski definition) is 1. The van der Waals surface area contributed by atoms with E-state index in [0.717, 1.165) is 34.1 Å². The molecule has 2 aromatic heterocycles. The molecule has 0 saturated heterocycles.